The van der Waals surface area contributed by atoms with Gasteiger partial charge in [-0.1, -0.05) is 71.2 Å². The van der Waals surface area contributed by atoms with Crippen LogP contribution in [0.3, 0.4) is 0 Å². The van der Waals surface area contributed by atoms with Crippen LogP contribution in [0.1, 0.15) is 26.7 Å². The van der Waals surface area contributed by atoms with Gasteiger partial charge in [0.2, 0.25) is 5.88 Å². The van der Waals surface area contributed by atoms with Crippen LogP contribution in [0, 0.1) is 11.3 Å². The number of allylic oxidation sites excluding steroid dienone is 1. The molecule has 1 unspecified atom stereocenters. The number of ether oxygens (including phenoxy) is 3. The Balaban J connectivity index is 1.32. The third-order valence-electron chi connectivity index (χ3n) is 6.41. The predicted molar refractivity (Wildman–Crippen MR) is 161 cm³/mol. The number of para-hydroxylation sites is 1. The van der Waals surface area contributed by atoms with Gasteiger partial charge in [-0.25, -0.2) is 4.79 Å². The van der Waals surface area contributed by atoms with Crippen LogP contribution in [0.15, 0.2) is 96.4 Å². The number of hydrogen-bond acceptors (Lipinski definition) is 7. The number of carbonyl (C=O) groups excluding carboxylic acids is 1. The molecule has 1 aliphatic heterocycles. The average Bonchev–Trinajstić information content (AvgIpc) is 3.29. The second-order valence-corrected chi connectivity index (χ2v) is 11.3. The highest BCUT2D eigenvalue weighted by atomic mass is 35.5. The molecule has 0 saturated heterocycles. The number of esters is 1. The Morgan fingerprint density at radius 1 is 0.927 bits per heavy atom. The van der Waals surface area contributed by atoms with Gasteiger partial charge in [0.1, 0.15) is 39.5 Å². The largest absolute Gasteiger partial charge is 0.457 e. The van der Waals surface area contributed by atoms with Gasteiger partial charge in [-0.2, -0.15) is 5.26 Å². The molecule has 10 heteroatoms. The van der Waals surface area contributed by atoms with E-state index in [1.807, 2.05) is 54.6 Å². The molecule has 1 aliphatic rings. The molecule has 0 amide bonds. The summed E-state index contributed by atoms with van der Waals surface area (Å²) in [6.07, 6.45) is 0. The van der Waals surface area contributed by atoms with Crippen molar-refractivity contribution < 1.29 is 19.0 Å². The van der Waals surface area contributed by atoms with Gasteiger partial charge < -0.3 is 19.9 Å². The van der Waals surface area contributed by atoms with E-state index in [4.69, 9.17) is 54.7 Å². The van der Waals surface area contributed by atoms with Crippen molar-refractivity contribution in [2.24, 2.45) is 5.73 Å². The van der Waals surface area contributed by atoms with Crippen LogP contribution in [0.4, 0.5) is 0 Å². The minimum Gasteiger partial charge on any atom is -0.457 e. The summed E-state index contributed by atoms with van der Waals surface area (Å²) in [6.45, 7) is 0. The number of hydrogen-bond donors (Lipinski definition) is 1. The van der Waals surface area contributed by atoms with Gasteiger partial charge in [-0.15, -0.1) is 11.3 Å². The summed E-state index contributed by atoms with van der Waals surface area (Å²) in [5.74, 6) is 0.609. The molecule has 2 N–H and O–H groups in total. The molecule has 0 saturated carbocycles. The number of nitrogens with two attached hydrogens (primary N) is 1. The number of carbonyl (C=O) groups is 1. The second-order valence-electron chi connectivity index (χ2n) is 9.01. The van der Waals surface area contributed by atoms with Crippen molar-refractivity contribution in [2.45, 2.75) is 5.92 Å². The first-order valence-corrected chi connectivity index (χ1v) is 14.1. The van der Waals surface area contributed by atoms with E-state index in [1.54, 1.807) is 30.3 Å². The first-order valence-electron chi connectivity index (χ1n) is 12.2. The summed E-state index contributed by atoms with van der Waals surface area (Å²) < 4.78 is 18.1. The molecule has 6 rings (SSSR count). The van der Waals surface area contributed by atoms with Crippen LogP contribution >= 0.6 is 46.1 Å². The molecule has 5 aromatic rings. The number of fused-ring (bicyclic) bond motifs is 2. The highest BCUT2D eigenvalue weighted by Gasteiger charge is 2.31. The normalized spacial score (nSPS) is 14.2. The van der Waals surface area contributed by atoms with Gasteiger partial charge in [-0.05, 0) is 48.0 Å². The molecule has 1 aromatic heterocycles. The molecule has 4 aromatic carbocycles. The summed E-state index contributed by atoms with van der Waals surface area (Å²) >= 11 is 20.0. The number of benzene rings is 4. The molecule has 0 radical (unpaired) electrons. The fourth-order valence-corrected chi connectivity index (χ4v) is 6.87. The third-order valence-corrected chi connectivity index (χ3v) is 8.53. The maximum absolute atomic E-state index is 13.1. The Bertz CT molecular complexity index is 1910. The SMILES string of the molecule is N#CC1=C(N)Oc2cc(OC(=O)c3sc4cc(Cl)cc(Cl)c4c3Cl)ccc2C1c1cccc(Oc2ccccc2)c1. The van der Waals surface area contributed by atoms with Crippen molar-refractivity contribution in [3.8, 4) is 29.1 Å². The van der Waals surface area contributed by atoms with E-state index < -0.39 is 11.9 Å². The number of thiophene rings is 1. The lowest BCUT2D eigenvalue weighted by Gasteiger charge is -2.27. The number of nitrogens with zero attached hydrogens (tertiary/aromatic N) is 1. The Morgan fingerprint density at radius 3 is 2.49 bits per heavy atom. The van der Waals surface area contributed by atoms with Crippen LogP contribution in [0.5, 0.6) is 23.0 Å². The van der Waals surface area contributed by atoms with Crippen LogP contribution in [-0.2, 0) is 0 Å². The van der Waals surface area contributed by atoms with Gasteiger partial charge in [-0.3, -0.25) is 0 Å². The number of halogens is 3. The van der Waals surface area contributed by atoms with E-state index >= 15 is 0 Å². The van der Waals surface area contributed by atoms with Gasteiger partial charge in [0, 0.05) is 26.7 Å². The van der Waals surface area contributed by atoms with Crippen molar-refractivity contribution in [2.75, 3.05) is 0 Å². The van der Waals surface area contributed by atoms with Crippen molar-refractivity contribution in [1.82, 2.24) is 0 Å². The zero-order chi connectivity index (χ0) is 28.7. The monoisotopic (exact) mass is 618 g/mol. The minimum absolute atomic E-state index is 0.0399. The summed E-state index contributed by atoms with van der Waals surface area (Å²) in [5.41, 5.74) is 7.89. The Labute approximate surface area is 253 Å². The van der Waals surface area contributed by atoms with Gasteiger partial charge >= 0.3 is 5.97 Å². The molecular formula is C31H17Cl3N2O4S. The highest BCUT2D eigenvalue weighted by molar-refractivity contribution is 7.21. The predicted octanol–water partition coefficient (Wildman–Crippen LogP) is 9.09. The molecule has 6 nitrogen and oxygen atoms in total. The van der Waals surface area contributed by atoms with Crippen LogP contribution in [0.25, 0.3) is 10.1 Å². The van der Waals surface area contributed by atoms with Gasteiger partial charge in [0.25, 0.3) is 0 Å². The first-order chi connectivity index (χ1) is 19.8. The van der Waals surface area contributed by atoms with Crippen molar-refractivity contribution >= 4 is 62.2 Å². The van der Waals surface area contributed by atoms with E-state index in [-0.39, 0.29) is 27.1 Å². The van der Waals surface area contributed by atoms with Crippen molar-refractivity contribution in [3.63, 3.8) is 0 Å². The first kappa shape index (κ1) is 27.0. The molecule has 0 aliphatic carbocycles. The Hall–Kier alpha value is -4.19. The van der Waals surface area contributed by atoms with E-state index in [9.17, 15) is 10.1 Å². The minimum atomic E-state index is -0.664. The van der Waals surface area contributed by atoms with Crippen molar-refractivity contribution in [3.05, 3.63) is 127 Å². The second kappa shape index (κ2) is 11.0. The summed E-state index contributed by atoms with van der Waals surface area (Å²) in [7, 11) is 0. The Morgan fingerprint density at radius 2 is 1.71 bits per heavy atom. The lowest BCUT2D eigenvalue weighted by molar-refractivity contribution is 0.0740. The topological polar surface area (TPSA) is 94.6 Å². The average molecular weight is 620 g/mol. The lowest BCUT2D eigenvalue weighted by atomic mass is 9.83. The smallest absolute Gasteiger partial charge is 0.355 e. The molecule has 1 atom stereocenters. The Kier molecular flexibility index (Phi) is 7.24. The van der Waals surface area contributed by atoms with E-state index in [0.717, 1.165) is 16.9 Å². The lowest BCUT2D eigenvalue weighted by Crippen LogP contribution is -2.21. The molecule has 0 bridgehead atoms. The fourth-order valence-electron chi connectivity index (χ4n) is 4.62. The van der Waals surface area contributed by atoms with E-state index in [0.29, 0.717) is 42.9 Å². The zero-order valence-electron chi connectivity index (χ0n) is 20.9. The van der Waals surface area contributed by atoms with Crippen LogP contribution in [0.2, 0.25) is 15.1 Å². The molecule has 202 valence electrons. The fraction of sp³-hybridized carbons (Fsp3) is 0.0323. The summed E-state index contributed by atoms with van der Waals surface area (Å²) in [6, 6.07) is 27.1. The third kappa shape index (κ3) is 5.19. The zero-order valence-corrected chi connectivity index (χ0v) is 23.9. The van der Waals surface area contributed by atoms with Gasteiger partial charge in [0.05, 0.1) is 16.0 Å². The molecule has 0 spiro atoms. The summed E-state index contributed by atoms with van der Waals surface area (Å²) in [4.78, 5) is 13.3. The number of rotatable bonds is 5. The molecule has 0 fully saturated rings. The summed E-state index contributed by atoms with van der Waals surface area (Å²) in [5, 5.41) is 11.4. The van der Waals surface area contributed by atoms with Gasteiger partial charge in [0.15, 0.2) is 0 Å². The quantitative estimate of drug-likeness (QED) is 0.156. The number of nitriles is 1. The maximum Gasteiger partial charge on any atom is 0.355 e. The van der Waals surface area contributed by atoms with Crippen LogP contribution < -0.4 is 19.9 Å². The van der Waals surface area contributed by atoms with Crippen LogP contribution in [-0.4, -0.2) is 5.97 Å². The van der Waals surface area contributed by atoms with E-state index in [2.05, 4.69) is 6.07 Å². The highest BCUT2D eigenvalue weighted by Crippen LogP contribution is 2.45. The standard InChI is InChI=1S/C31H17Cl3N2O4S/c32-17-12-23(33)27-25(13-17)41-29(28(27)34)31(37)39-20-9-10-21-24(14-20)40-30(36)22(15-35)26(21)16-5-4-8-19(11-16)38-18-6-2-1-3-7-18/h1-14,26H,36H2. The van der Waals surface area contributed by atoms with Crippen molar-refractivity contribution in [1.29, 1.82) is 5.26 Å². The molecular weight excluding hydrogens is 603 g/mol. The molecule has 41 heavy (non-hydrogen) atoms. The van der Waals surface area contributed by atoms with E-state index in [1.165, 1.54) is 0 Å². The maximum atomic E-state index is 13.1. The molecule has 2 heterocycles.